The molecule has 2 heterocycles. The van der Waals surface area contributed by atoms with Gasteiger partial charge in [0.2, 0.25) is 0 Å². The van der Waals surface area contributed by atoms with Gasteiger partial charge in [-0.05, 0) is 43.5 Å². The molecule has 3 fully saturated rings. The lowest BCUT2D eigenvalue weighted by atomic mass is 9.89. The van der Waals surface area contributed by atoms with E-state index in [0.29, 0.717) is 12.5 Å². The molecule has 4 atom stereocenters. The van der Waals surface area contributed by atoms with Crippen LogP contribution < -0.4 is 10.6 Å². The van der Waals surface area contributed by atoms with E-state index in [-0.39, 0.29) is 30.5 Å². The van der Waals surface area contributed by atoms with Gasteiger partial charge in [0, 0.05) is 5.69 Å². The molecule has 1 aliphatic carbocycles. The largest absolute Gasteiger partial charge is 0.441 e. The summed E-state index contributed by atoms with van der Waals surface area (Å²) in [7, 11) is 0. The van der Waals surface area contributed by atoms with E-state index in [0.717, 1.165) is 18.7 Å². The summed E-state index contributed by atoms with van der Waals surface area (Å²) in [6.45, 7) is 1.62. The topological polar surface area (TPSA) is 68.8 Å². The summed E-state index contributed by atoms with van der Waals surface area (Å²) in [4.78, 5) is 12.2. The Morgan fingerprint density at radius 1 is 1.10 bits per heavy atom. The number of carbonyl (C=O) groups is 1. The number of ether oxygens (including phenoxy) is 3. The first kappa shape index (κ1) is 21.4. The number of carbonyl (C=O) groups excluding carboxylic acids is 1. The van der Waals surface area contributed by atoms with Crippen LogP contribution in [-0.2, 0) is 20.4 Å². The summed E-state index contributed by atoms with van der Waals surface area (Å²) < 4.78 is 55.5. The smallest absolute Gasteiger partial charge is 0.416 e. The lowest BCUT2D eigenvalue weighted by molar-refractivity contribution is -0.137. The first-order chi connectivity index (χ1) is 14.4. The third-order valence-electron chi connectivity index (χ3n) is 6.10. The third-order valence-corrected chi connectivity index (χ3v) is 6.10. The molecule has 3 aliphatic rings. The fourth-order valence-corrected chi connectivity index (χ4v) is 4.51. The van der Waals surface area contributed by atoms with E-state index < -0.39 is 23.9 Å². The average molecular weight is 428 g/mol. The number of hydrogen-bond donors (Lipinski definition) is 2. The molecule has 2 saturated heterocycles. The number of anilines is 1. The zero-order valence-corrected chi connectivity index (χ0v) is 16.6. The molecular formula is C21H27F3N2O4. The maximum absolute atomic E-state index is 12.8. The molecule has 4 rings (SSSR count). The standard InChI is InChI=1S/C21H27F3N2O4/c22-21(23,24)14-7-4-8-15(9-14)26-20(27)30-17-12-29-18-16(11-28-19(17)18)25-10-13-5-2-1-3-6-13/h4,7-9,13,16-19,25H,1-3,5-6,10-12H2,(H,26,27). The highest BCUT2D eigenvalue weighted by Gasteiger charge is 2.49. The van der Waals surface area contributed by atoms with Crippen molar-refractivity contribution in [3.63, 3.8) is 0 Å². The van der Waals surface area contributed by atoms with Crippen LogP contribution in [0.3, 0.4) is 0 Å². The van der Waals surface area contributed by atoms with Crippen LogP contribution in [0, 0.1) is 5.92 Å². The molecule has 30 heavy (non-hydrogen) atoms. The molecule has 0 aromatic heterocycles. The highest BCUT2D eigenvalue weighted by atomic mass is 19.4. The number of halogens is 3. The van der Waals surface area contributed by atoms with Crippen LogP contribution in [0.4, 0.5) is 23.7 Å². The van der Waals surface area contributed by atoms with Crippen LogP contribution in [0.5, 0.6) is 0 Å². The summed E-state index contributed by atoms with van der Waals surface area (Å²) >= 11 is 0. The van der Waals surface area contributed by atoms with Gasteiger partial charge >= 0.3 is 12.3 Å². The van der Waals surface area contributed by atoms with Crippen LogP contribution >= 0.6 is 0 Å². The lowest BCUT2D eigenvalue weighted by Gasteiger charge is -2.25. The lowest BCUT2D eigenvalue weighted by Crippen LogP contribution is -2.43. The van der Waals surface area contributed by atoms with Crippen molar-refractivity contribution in [3.8, 4) is 0 Å². The molecule has 0 spiro atoms. The zero-order chi connectivity index (χ0) is 21.1. The Labute approximate surface area is 173 Å². The maximum Gasteiger partial charge on any atom is 0.416 e. The van der Waals surface area contributed by atoms with Gasteiger partial charge in [-0.2, -0.15) is 13.2 Å². The monoisotopic (exact) mass is 428 g/mol. The van der Waals surface area contributed by atoms with Gasteiger partial charge in [-0.1, -0.05) is 25.3 Å². The summed E-state index contributed by atoms with van der Waals surface area (Å²) in [6, 6.07) is 4.47. The molecule has 1 saturated carbocycles. The summed E-state index contributed by atoms with van der Waals surface area (Å²) in [5.74, 6) is 0.685. The van der Waals surface area contributed by atoms with Crippen LogP contribution in [0.1, 0.15) is 37.7 Å². The Bertz CT molecular complexity index is 739. The van der Waals surface area contributed by atoms with E-state index in [2.05, 4.69) is 10.6 Å². The van der Waals surface area contributed by atoms with E-state index in [1.165, 1.54) is 44.2 Å². The van der Waals surface area contributed by atoms with Crippen molar-refractivity contribution in [1.82, 2.24) is 5.32 Å². The zero-order valence-electron chi connectivity index (χ0n) is 16.6. The van der Waals surface area contributed by atoms with E-state index in [9.17, 15) is 18.0 Å². The van der Waals surface area contributed by atoms with Gasteiger partial charge in [-0.3, -0.25) is 5.32 Å². The number of nitrogens with one attached hydrogen (secondary N) is 2. The summed E-state index contributed by atoms with van der Waals surface area (Å²) in [5, 5.41) is 5.90. The highest BCUT2D eigenvalue weighted by molar-refractivity contribution is 5.84. The van der Waals surface area contributed by atoms with Crippen LogP contribution in [-0.4, -0.2) is 50.2 Å². The van der Waals surface area contributed by atoms with Crippen molar-refractivity contribution in [2.75, 3.05) is 25.1 Å². The minimum absolute atomic E-state index is 0.0182. The van der Waals surface area contributed by atoms with E-state index in [1.807, 2.05) is 0 Å². The Hall–Kier alpha value is -1.84. The summed E-state index contributed by atoms with van der Waals surface area (Å²) in [6.07, 6.45) is -0.0910. The van der Waals surface area contributed by atoms with Crippen molar-refractivity contribution >= 4 is 11.8 Å². The maximum atomic E-state index is 12.8. The fraction of sp³-hybridized carbons (Fsp3) is 0.667. The number of hydrogen-bond acceptors (Lipinski definition) is 5. The van der Waals surface area contributed by atoms with Crippen LogP contribution in [0.25, 0.3) is 0 Å². The van der Waals surface area contributed by atoms with Gasteiger partial charge in [-0.15, -0.1) is 0 Å². The number of amides is 1. The Kier molecular flexibility index (Phi) is 6.50. The average Bonchev–Trinajstić information content (AvgIpc) is 3.30. The second-order valence-electron chi connectivity index (χ2n) is 8.26. The molecule has 0 radical (unpaired) electrons. The highest BCUT2D eigenvalue weighted by Crippen LogP contribution is 2.32. The van der Waals surface area contributed by atoms with Gasteiger partial charge in [0.05, 0.1) is 24.8 Å². The molecule has 2 aliphatic heterocycles. The van der Waals surface area contributed by atoms with Gasteiger partial charge in [0.15, 0.2) is 6.10 Å². The van der Waals surface area contributed by atoms with E-state index in [4.69, 9.17) is 14.2 Å². The quantitative estimate of drug-likeness (QED) is 0.743. The molecule has 6 nitrogen and oxygen atoms in total. The molecule has 4 unspecified atom stereocenters. The molecule has 1 amide bonds. The first-order valence-corrected chi connectivity index (χ1v) is 10.5. The van der Waals surface area contributed by atoms with Gasteiger partial charge in [0.1, 0.15) is 12.2 Å². The van der Waals surface area contributed by atoms with Crippen molar-refractivity contribution in [1.29, 1.82) is 0 Å². The molecular weight excluding hydrogens is 401 g/mol. The normalized spacial score (nSPS) is 29.6. The Morgan fingerprint density at radius 2 is 1.87 bits per heavy atom. The van der Waals surface area contributed by atoms with Crippen molar-refractivity contribution < 1.29 is 32.2 Å². The predicted octanol–water partition coefficient (Wildman–Crippen LogP) is 3.96. The van der Waals surface area contributed by atoms with Gasteiger partial charge in [-0.25, -0.2) is 4.79 Å². The SMILES string of the molecule is O=C(Nc1cccc(C(F)(F)F)c1)OC1COC2C(NCC3CCCCC3)COC12. The second-order valence-corrected chi connectivity index (χ2v) is 8.26. The van der Waals surface area contributed by atoms with Crippen LogP contribution in [0.15, 0.2) is 24.3 Å². The molecule has 1 aromatic carbocycles. The number of fused-ring (bicyclic) bond motifs is 1. The fourth-order valence-electron chi connectivity index (χ4n) is 4.51. The van der Waals surface area contributed by atoms with E-state index >= 15 is 0 Å². The third kappa shape index (κ3) is 5.07. The number of alkyl halides is 3. The van der Waals surface area contributed by atoms with Crippen molar-refractivity contribution in [2.45, 2.75) is 62.6 Å². The molecule has 2 N–H and O–H groups in total. The minimum Gasteiger partial charge on any atom is -0.441 e. The van der Waals surface area contributed by atoms with Crippen molar-refractivity contribution in [3.05, 3.63) is 29.8 Å². The molecule has 0 bridgehead atoms. The second kappa shape index (κ2) is 9.11. The Balaban J connectivity index is 1.26. The number of rotatable bonds is 5. The van der Waals surface area contributed by atoms with Crippen molar-refractivity contribution in [2.24, 2.45) is 5.92 Å². The van der Waals surface area contributed by atoms with E-state index in [1.54, 1.807) is 0 Å². The van der Waals surface area contributed by atoms with Gasteiger partial charge < -0.3 is 19.5 Å². The molecule has 9 heteroatoms. The first-order valence-electron chi connectivity index (χ1n) is 10.5. The number of benzene rings is 1. The Morgan fingerprint density at radius 3 is 2.63 bits per heavy atom. The predicted molar refractivity (Wildman–Crippen MR) is 103 cm³/mol. The molecule has 166 valence electrons. The molecule has 1 aromatic rings. The van der Waals surface area contributed by atoms with Crippen LogP contribution in [0.2, 0.25) is 0 Å². The minimum atomic E-state index is -4.48. The summed E-state index contributed by atoms with van der Waals surface area (Å²) in [5.41, 5.74) is -0.819. The van der Waals surface area contributed by atoms with Gasteiger partial charge in [0.25, 0.3) is 0 Å².